The molecule has 128 valence electrons. The smallest absolute Gasteiger partial charge is 0.251 e. The summed E-state index contributed by atoms with van der Waals surface area (Å²) in [7, 11) is 1.58. The average molecular weight is 338 g/mol. The van der Waals surface area contributed by atoms with Crippen molar-refractivity contribution in [1.29, 1.82) is 0 Å². The molecule has 0 bridgehead atoms. The van der Waals surface area contributed by atoms with E-state index >= 15 is 0 Å². The molecule has 0 heterocycles. The molecule has 0 saturated carbocycles. The van der Waals surface area contributed by atoms with E-state index in [9.17, 15) is 14.0 Å². The number of benzene rings is 2. The summed E-state index contributed by atoms with van der Waals surface area (Å²) in [6, 6.07) is 11.6. The quantitative estimate of drug-likeness (QED) is 0.842. The van der Waals surface area contributed by atoms with Crippen molar-refractivity contribution in [3.63, 3.8) is 0 Å². The van der Waals surface area contributed by atoms with Crippen molar-refractivity contribution in [2.24, 2.45) is 0 Å². The SMILES string of the molecule is CNC(=O)c1ccc(C=CC(=O)NC2CCc3cc(F)ccc32)cc1. The van der Waals surface area contributed by atoms with E-state index in [1.54, 1.807) is 43.5 Å². The molecular weight excluding hydrogens is 319 g/mol. The van der Waals surface area contributed by atoms with Crippen LogP contribution in [-0.2, 0) is 11.2 Å². The van der Waals surface area contributed by atoms with Crippen LogP contribution in [0.4, 0.5) is 4.39 Å². The van der Waals surface area contributed by atoms with Crippen LogP contribution in [0.15, 0.2) is 48.5 Å². The van der Waals surface area contributed by atoms with Gasteiger partial charge in [-0.15, -0.1) is 0 Å². The van der Waals surface area contributed by atoms with E-state index in [1.807, 2.05) is 0 Å². The lowest BCUT2D eigenvalue weighted by Gasteiger charge is -2.12. The van der Waals surface area contributed by atoms with Crippen LogP contribution >= 0.6 is 0 Å². The van der Waals surface area contributed by atoms with Crippen LogP contribution < -0.4 is 10.6 Å². The average Bonchev–Trinajstić information content (AvgIpc) is 3.01. The molecule has 0 saturated heterocycles. The molecule has 1 atom stereocenters. The molecular formula is C20H19FN2O2. The van der Waals surface area contributed by atoms with Crippen molar-refractivity contribution >= 4 is 17.9 Å². The Labute approximate surface area is 145 Å². The highest BCUT2D eigenvalue weighted by Crippen LogP contribution is 2.31. The van der Waals surface area contributed by atoms with Crippen molar-refractivity contribution in [2.45, 2.75) is 18.9 Å². The van der Waals surface area contributed by atoms with Gasteiger partial charge in [0, 0.05) is 18.7 Å². The van der Waals surface area contributed by atoms with Gasteiger partial charge in [-0.3, -0.25) is 9.59 Å². The summed E-state index contributed by atoms with van der Waals surface area (Å²) in [6.07, 6.45) is 4.71. The van der Waals surface area contributed by atoms with Gasteiger partial charge in [0.25, 0.3) is 5.91 Å². The minimum Gasteiger partial charge on any atom is -0.355 e. The summed E-state index contributed by atoms with van der Waals surface area (Å²) in [5, 5.41) is 5.51. The van der Waals surface area contributed by atoms with Crippen molar-refractivity contribution in [2.75, 3.05) is 7.05 Å². The number of amides is 2. The van der Waals surface area contributed by atoms with E-state index in [2.05, 4.69) is 10.6 Å². The van der Waals surface area contributed by atoms with Gasteiger partial charge < -0.3 is 10.6 Å². The zero-order chi connectivity index (χ0) is 17.8. The van der Waals surface area contributed by atoms with Crippen molar-refractivity contribution < 1.29 is 14.0 Å². The Hall–Kier alpha value is -2.95. The van der Waals surface area contributed by atoms with Crippen LogP contribution in [0.5, 0.6) is 0 Å². The Morgan fingerprint density at radius 3 is 2.64 bits per heavy atom. The molecule has 1 unspecified atom stereocenters. The summed E-state index contributed by atoms with van der Waals surface area (Å²) in [6.45, 7) is 0. The van der Waals surface area contributed by atoms with Crippen molar-refractivity contribution in [1.82, 2.24) is 10.6 Å². The number of carbonyl (C=O) groups is 2. The van der Waals surface area contributed by atoms with Crippen LogP contribution in [0.25, 0.3) is 6.08 Å². The Morgan fingerprint density at radius 1 is 1.16 bits per heavy atom. The number of aryl methyl sites for hydroxylation is 1. The van der Waals surface area contributed by atoms with E-state index in [4.69, 9.17) is 0 Å². The van der Waals surface area contributed by atoms with Crippen LogP contribution in [0.1, 0.15) is 39.5 Å². The number of nitrogens with one attached hydrogen (secondary N) is 2. The van der Waals surface area contributed by atoms with E-state index in [-0.39, 0.29) is 23.7 Å². The predicted octanol–water partition coefficient (Wildman–Crippen LogP) is 3.00. The Balaban J connectivity index is 1.62. The summed E-state index contributed by atoms with van der Waals surface area (Å²) in [5.41, 5.74) is 3.34. The number of fused-ring (bicyclic) bond motifs is 1. The molecule has 3 rings (SSSR count). The number of rotatable bonds is 4. The maximum Gasteiger partial charge on any atom is 0.251 e. The molecule has 2 N–H and O–H groups in total. The Bertz CT molecular complexity index is 828. The fourth-order valence-electron chi connectivity index (χ4n) is 3.02. The molecule has 5 heteroatoms. The first-order valence-corrected chi connectivity index (χ1v) is 8.16. The lowest BCUT2D eigenvalue weighted by atomic mass is 10.1. The third-order valence-corrected chi connectivity index (χ3v) is 4.33. The highest BCUT2D eigenvalue weighted by Gasteiger charge is 2.23. The van der Waals surface area contributed by atoms with E-state index < -0.39 is 0 Å². The highest BCUT2D eigenvalue weighted by atomic mass is 19.1. The number of hydrogen-bond donors (Lipinski definition) is 2. The first-order valence-electron chi connectivity index (χ1n) is 8.16. The van der Waals surface area contributed by atoms with Crippen LogP contribution in [-0.4, -0.2) is 18.9 Å². The third-order valence-electron chi connectivity index (χ3n) is 4.33. The van der Waals surface area contributed by atoms with Gasteiger partial charge in [0.1, 0.15) is 5.82 Å². The van der Waals surface area contributed by atoms with Gasteiger partial charge in [0.15, 0.2) is 0 Å². The maximum absolute atomic E-state index is 13.2. The normalized spacial score (nSPS) is 15.8. The maximum atomic E-state index is 13.2. The lowest BCUT2D eigenvalue weighted by Crippen LogP contribution is -2.25. The topological polar surface area (TPSA) is 58.2 Å². The molecule has 4 nitrogen and oxygen atoms in total. The first-order chi connectivity index (χ1) is 12.1. The Morgan fingerprint density at radius 2 is 1.92 bits per heavy atom. The standard InChI is InChI=1S/C20H19FN2O2/c1-22-20(25)14-5-2-13(3-6-14)4-11-19(24)23-18-10-7-15-12-16(21)8-9-17(15)18/h2-6,8-9,11-12,18H,7,10H2,1H3,(H,22,25)(H,23,24). The molecule has 1 aliphatic carbocycles. The predicted molar refractivity (Wildman–Crippen MR) is 94.5 cm³/mol. The lowest BCUT2D eigenvalue weighted by molar-refractivity contribution is -0.117. The molecule has 0 spiro atoms. The van der Waals surface area contributed by atoms with E-state index in [0.717, 1.165) is 29.5 Å². The van der Waals surface area contributed by atoms with E-state index in [0.29, 0.717) is 5.56 Å². The van der Waals surface area contributed by atoms with Crippen LogP contribution in [0, 0.1) is 5.82 Å². The number of carbonyl (C=O) groups excluding carboxylic acids is 2. The van der Waals surface area contributed by atoms with Gasteiger partial charge in [0.05, 0.1) is 6.04 Å². The summed E-state index contributed by atoms with van der Waals surface area (Å²) in [5.74, 6) is -0.590. The van der Waals surface area contributed by atoms with Gasteiger partial charge in [0.2, 0.25) is 5.91 Å². The monoisotopic (exact) mass is 338 g/mol. The minimum atomic E-state index is -0.245. The van der Waals surface area contributed by atoms with Gasteiger partial charge in [-0.25, -0.2) is 4.39 Å². The zero-order valence-corrected chi connectivity index (χ0v) is 13.9. The second kappa shape index (κ2) is 7.30. The van der Waals surface area contributed by atoms with Crippen molar-refractivity contribution in [3.8, 4) is 0 Å². The van der Waals surface area contributed by atoms with E-state index in [1.165, 1.54) is 18.2 Å². The zero-order valence-electron chi connectivity index (χ0n) is 13.9. The number of hydrogen-bond acceptors (Lipinski definition) is 2. The minimum absolute atomic E-state index is 0.0802. The molecule has 0 radical (unpaired) electrons. The largest absolute Gasteiger partial charge is 0.355 e. The van der Waals surface area contributed by atoms with Crippen molar-refractivity contribution in [3.05, 3.63) is 76.6 Å². The summed E-state index contributed by atoms with van der Waals surface area (Å²) >= 11 is 0. The second-order valence-corrected chi connectivity index (χ2v) is 5.98. The molecule has 2 amide bonds. The number of halogens is 1. The summed E-state index contributed by atoms with van der Waals surface area (Å²) < 4.78 is 13.2. The highest BCUT2D eigenvalue weighted by molar-refractivity contribution is 5.95. The molecule has 0 fully saturated rings. The Kier molecular flexibility index (Phi) is 4.93. The van der Waals surface area contributed by atoms with Gasteiger partial charge >= 0.3 is 0 Å². The van der Waals surface area contributed by atoms with Gasteiger partial charge in [-0.05, 0) is 59.9 Å². The summed E-state index contributed by atoms with van der Waals surface area (Å²) in [4.78, 5) is 23.6. The molecule has 25 heavy (non-hydrogen) atoms. The molecule has 0 aromatic heterocycles. The fourth-order valence-corrected chi connectivity index (χ4v) is 3.02. The first kappa shape index (κ1) is 16.9. The second-order valence-electron chi connectivity index (χ2n) is 5.98. The molecule has 0 aliphatic heterocycles. The van der Waals surface area contributed by atoms with Gasteiger partial charge in [-0.2, -0.15) is 0 Å². The third kappa shape index (κ3) is 3.94. The fraction of sp³-hybridized carbons (Fsp3) is 0.200. The van der Waals surface area contributed by atoms with Crippen LogP contribution in [0.3, 0.4) is 0 Å². The molecule has 1 aliphatic rings. The molecule has 2 aromatic rings. The van der Waals surface area contributed by atoms with Gasteiger partial charge in [-0.1, -0.05) is 18.2 Å². The van der Waals surface area contributed by atoms with Crippen LogP contribution in [0.2, 0.25) is 0 Å². The molecule has 2 aromatic carbocycles.